The van der Waals surface area contributed by atoms with Crippen molar-refractivity contribution < 1.29 is 14.3 Å². The van der Waals surface area contributed by atoms with Crippen LogP contribution in [0.3, 0.4) is 0 Å². The Labute approximate surface area is 189 Å². The Morgan fingerprint density at radius 1 is 1.06 bits per heavy atom. The van der Waals surface area contributed by atoms with Gasteiger partial charge in [-0.2, -0.15) is 0 Å². The first kappa shape index (κ1) is 24.3. The number of nitrogens with one attached hydrogen (secondary N) is 3. The van der Waals surface area contributed by atoms with Crippen LogP contribution in [0.2, 0.25) is 0 Å². The fourth-order valence-corrected chi connectivity index (χ4v) is 2.95. The van der Waals surface area contributed by atoms with Gasteiger partial charge in [0.2, 0.25) is 0 Å². The van der Waals surface area contributed by atoms with Crippen molar-refractivity contribution in [2.75, 3.05) is 18.5 Å². The number of carbonyl (C=O) groups is 2. The molecule has 166 valence electrons. The Morgan fingerprint density at radius 2 is 1.84 bits per heavy atom. The summed E-state index contributed by atoms with van der Waals surface area (Å²) in [4.78, 5) is 24.9. The van der Waals surface area contributed by atoms with Crippen LogP contribution in [0.15, 0.2) is 48.5 Å². The molecule has 0 aliphatic heterocycles. The summed E-state index contributed by atoms with van der Waals surface area (Å²) in [5.74, 6) is 0.544. The van der Waals surface area contributed by atoms with Crippen LogP contribution in [-0.4, -0.2) is 30.1 Å². The molecule has 0 atom stereocenters. The van der Waals surface area contributed by atoms with Crippen LogP contribution in [0, 0.1) is 5.92 Å². The number of benzene rings is 2. The van der Waals surface area contributed by atoms with Crippen LogP contribution in [-0.2, 0) is 0 Å². The summed E-state index contributed by atoms with van der Waals surface area (Å²) in [6.07, 6.45) is 2.85. The van der Waals surface area contributed by atoms with E-state index in [1.165, 1.54) is 0 Å². The van der Waals surface area contributed by atoms with E-state index in [1.54, 1.807) is 42.5 Å². The molecule has 0 heterocycles. The number of ether oxygens (including phenoxy) is 1. The highest BCUT2D eigenvalue weighted by molar-refractivity contribution is 7.80. The van der Waals surface area contributed by atoms with Gasteiger partial charge in [-0.1, -0.05) is 45.4 Å². The third kappa shape index (κ3) is 8.38. The second kappa shape index (κ2) is 12.7. The SMILES string of the molecule is CCCCNC(=O)c1cccc(NC(=S)NC(=O)c2ccccc2OCCC(C)C)c1. The molecule has 0 aliphatic rings. The first-order valence-corrected chi connectivity index (χ1v) is 11.0. The minimum absolute atomic E-state index is 0.139. The maximum atomic E-state index is 12.7. The topological polar surface area (TPSA) is 79.5 Å². The van der Waals surface area contributed by atoms with Gasteiger partial charge < -0.3 is 15.4 Å². The van der Waals surface area contributed by atoms with Crippen molar-refractivity contribution in [3.05, 3.63) is 59.7 Å². The smallest absolute Gasteiger partial charge is 0.261 e. The van der Waals surface area contributed by atoms with Gasteiger partial charge in [0.05, 0.1) is 12.2 Å². The summed E-state index contributed by atoms with van der Waals surface area (Å²) in [7, 11) is 0. The van der Waals surface area contributed by atoms with E-state index >= 15 is 0 Å². The number of carbonyl (C=O) groups excluding carboxylic acids is 2. The quantitative estimate of drug-likeness (QED) is 0.366. The molecular weight excluding hydrogens is 410 g/mol. The fourth-order valence-electron chi connectivity index (χ4n) is 2.74. The molecule has 31 heavy (non-hydrogen) atoms. The molecule has 2 rings (SSSR count). The van der Waals surface area contributed by atoms with E-state index in [-0.39, 0.29) is 16.9 Å². The van der Waals surface area contributed by atoms with Crippen LogP contribution in [0.4, 0.5) is 5.69 Å². The van der Waals surface area contributed by atoms with Gasteiger partial charge in [0, 0.05) is 17.8 Å². The lowest BCUT2D eigenvalue weighted by Crippen LogP contribution is -2.34. The van der Waals surface area contributed by atoms with E-state index in [1.807, 2.05) is 6.07 Å². The van der Waals surface area contributed by atoms with Crippen molar-refractivity contribution in [2.45, 2.75) is 40.0 Å². The summed E-state index contributed by atoms with van der Waals surface area (Å²) in [6, 6.07) is 14.1. The number of anilines is 1. The molecule has 2 aromatic carbocycles. The van der Waals surface area contributed by atoms with Crippen LogP contribution in [0.5, 0.6) is 5.75 Å². The van der Waals surface area contributed by atoms with E-state index in [9.17, 15) is 9.59 Å². The highest BCUT2D eigenvalue weighted by Crippen LogP contribution is 2.19. The van der Waals surface area contributed by atoms with E-state index in [4.69, 9.17) is 17.0 Å². The van der Waals surface area contributed by atoms with Crippen molar-refractivity contribution in [3.63, 3.8) is 0 Å². The summed E-state index contributed by atoms with van der Waals surface area (Å²) < 4.78 is 5.78. The standard InChI is InChI=1S/C24H31N3O3S/c1-4-5-14-25-22(28)18-9-8-10-19(16-18)26-24(31)27-23(29)20-11-6-7-12-21(20)30-15-13-17(2)3/h6-12,16-17H,4-5,13-15H2,1-3H3,(H,25,28)(H2,26,27,29,31). The average Bonchev–Trinajstić information content (AvgIpc) is 2.74. The molecular formula is C24H31N3O3S. The summed E-state index contributed by atoms with van der Waals surface area (Å²) in [5.41, 5.74) is 1.56. The van der Waals surface area contributed by atoms with E-state index in [2.05, 4.69) is 36.7 Å². The van der Waals surface area contributed by atoms with Gasteiger partial charge in [-0.15, -0.1) is 0 Å². The van der Waals surface area contributed by atoms with Crippen molar-refractivity contribution in [1.29, 1.82) is 0 Å². The van der Waals surface area contributed by atoms with Crippen LogP contribution < -0.4 is 20.7 Å². The minimum Gasteiger partial charge on any atom is -0.493 e. The lowest BCUT2D eigenvalue weighted by molar-refractivity contribution is 0.0950. The maximum absolute atomic E-state index is 12.7. The molecule has 6 nitrogen and oxygen atoms in total. The van der Waals surface area contributed by atoms with Crippen molar-refractivity contribution in [3.8, 4) is 5.75 Å². The molecule has 0 saturated carbocycles. The molecule has 0 spiro atoms. The van der Waals surface area contributed by atoms with E-state index in [0.717, 1.165) is 19.3 Å². The van der Waals surface area contributed by atoms with Gasteiger partial charge in [0.1, 0.15) is 5.75 Å². The van der Waals surface area contributed by atoms with Gasteiger partial charge in [-0.05, 0) is 61.3 Å². The normalized spacial score (nSPS) is 10.5. The minimum atomic E-state index is -0.355. The molecule has 0 saturated heterocycles. The van der Waals surface area contributed by atoms with Crippen molar-refractivity contribution in [1.82, 2.24) is 10.6 Å². The number of hydrogen-bond donors (Lipinski definition) is 3. The predicted molar refractivity (Wildman–Crippen MR) is 129 cm³/mol. The third-order valence-electron chi connectivity index (χ3n) is 4.51. The molecule has 3 N–H and O–H groups in total. The maximum Gasteiger partial charge on any atom is 0.261 e. The van der Waals surface area contributed by atoms with Gasteiger partial charge >= 0.3 is 0 Å². The van der Waals surface area contributed by atoms with Gasteiger partial charge in [-0.25, -0.2) is 0 Å². The number of para-hydroxylation sites is 1. The zero-order chi connectivity index (χ0) is 22.6. The molecule has 0 aromatic heterocycles. The number of thiocarbonyl (C=S) groups is 1. The Kier molecular flexibility index (Phi) is 9.97. The molecule has 2 amide bonds. The summed E-state index contributed by atoms with van der Waals surface area (Å²) in [5, 5.41) is 8.66. The largest absolute Gasteiger partial charge is 0.493 e. The van der Waals surface area contributed by atoms with Crippen LogP contribution in [0.1, 0.15) is 60.7 Å². The van der Waals surface area contributed by atoms with Crippen LogP contribution >= 0.6 is 12.2 Å². The lowest BCUT2D eigenvalue weighted by Gasteiger charge is -2.14. The first-order valence-electron chi connectivity index (χ1n) is 10.6. The Hall–Kier alpha value is -2.93. The zero-order valence-electron chi connectivity index (χ0n) is 18.4. The molecule has 2 aromatic rings. The van der Waals surface area contributed by atoms with Crippen molar-refractivity contribution >= 4 is 34.8 Å². The van der Waals surface area contributed by atoms with E-state index < -0.39 is 0 Å². The first-order chi connectivity index (χ1) is 14.9. The average molecular weight is 442 g/mol. The third-order valence-corrected chi connectivity index (χ3v) is 4.71. The monoisotopic (exact) mass is 441 g/mol. The van der Waals surface area contributed by atoms with Crippen LogP contribution in [0.25, 0.3) is 0 Å². The summed E-state index contributed by atoms with van der Waals surface area (Å²) >= 11 is 5.29. The van der Waals surface area contributed by atoms with Gasteiger partial charge in [-0.3, -0.25) is 14.9 Å². The zero-order valence-corrected chi connectivity index (χ0v) is 19.2. The second-order valence-corrected chi connectivity index (χ2v) is 8.03. The Bertz CT molecular complexity index is 899. The molecule has 7 heteroatoms. The summed E-state index contributed by atoms with van der Waals surface area (Å²) in [6.45, 7) is 7.49. The van der Waals surface area contributed by atoms with Gasteiger partial charge in [0.15, 0.2) is 5.11 Å². The number of rotatable bonds is 10. The fraction of sp³-hybridized carbons (Fsp3) is 0.375. The van der Waals surface area contributed by atoms with E-state index in [0.29, 0.717) is 41.6 Å². The lowest BCUT2D eigenvalue weighted by atomic mass is 10.1. The molecule has 0 unspecified atom stereocenters. The molecule has 0 bridgehead atoms. The number of hydrogen-bond acceptors (Lipinski definition) is 4. The molecule has 0 fully saturated rings. The molecule has 0 aliphatic carbocycles. The Balaban J connectivity index is 1.96. The number of amides is 2. The highest BCUT2D eigenvalue weighted by atomic mass is 32.1. The van der Waals surface area contributed by atoms with Crippen molar-refractivity contribution in [2.24, 2.45) is 5.92 Å². The highest BCUT2D eigenvalue weighted by Gasteiger charge is 2.14. The van der Waals surface area contributed by atoms with Gasteiger partial charge in [0.25, 0.3) is 11.8 Å². The molecule has 0 radical (unpaired) electrons. The Morgan fingerprint density at radius 3 is 2.58 bits per heavy atom. The second-order valence-electron chi connectivity index (χ2n) is 7.63. The predicted octanol–water partition coefficient (Wildman–Crippen LogP) is 4.77. The number of unbranched alkanes of at least 4 members (excludes halogenated alkanes) is 1.